The predicted molar refractivity (Wildman–Crippen MR) is 77.8 cm³/mol. The van der Waals surface area contributed by atoms with E-state index >= 15 is 0 Å². The summed E-state index contributed by atoms with van der Waals surface area (Å²) in [5.74, 6) is 2.72. The molecule has 0 amide bonds. The van der Waals surface area contributed by atoms with Crippen molar-refractivity contribution in [1.82, 2.24) is 10.2 Å². The maximum absolute atomic E-state index is 3.91. The third-order valence-electron chi connectivity index (χ3n) is 4.12. The van der Waals surface area contributed by atoms with Crippen LogP contribution in [-0.4, -0.2) is 47.6 Å². The van der Waals surface area contributed by atoms with Gasteiger partial charge in [0.2, 0.25) is 0 Å². The molecule has 2 heterocycles. The van der Waals surface area contributed by atoms with E-state index in [4.69, 9.17) is 0 Å². The van der Waals surface area contributed by atoms with Crippen LogP contribution in [0.25, 0.3) is 0 Å². The number of hydrogen-bond donors (Lipinski definition) is 1. The molecule has 0 spiro atoms. The Labute approximate surface area is 111 Å². The molecule has 2 rings (SSSR count). The number of likely N-dealkylation sites (tertiary alicyclic amines) is 1. The lowest BCUT2D eigenvalue weighted by Gasteiger charge is -2.28. The highest BCUT2D eigenvalue weighted by molar-refractivity contribution is 7.99. The fraction of sp³-hybridized carbons (Fsp3) is 1.00. The highest BCUT2D eigenvalue weighted by Gasteiger charge is 2.22. The lowest BCUT2D eigenvalue weighted by atomic mass is 10.1. The first kappa shape index (κ1) is 13.7. The van der Waals surface area contributed by atoms with Gasteiger partial charge in [-0.2, -0.15) is 11.8 Å². The number of nitrogens with one attached hydrogen (secondary N) is 1. The minimum atomic E-state index is 0.721. The van der Waals surface area contributed by atoms with Crippen molar-refractivity contribution in [2.45, 2.75) is 64.1 Å². The summed E-state index contributed by atoms with van der Waals surface area (Å²) in [6.45, 7) is 7.24. The third-order valence-corrected chi connectivity index (χ3v) is 5.34. The van der Waals surface area contributed by atoms with Crippen molar-refractivity contribution in [2.24, 2.45) is 0 Å². The molecule has 0 aliphatic carbocycles. The average Bonchev–Trinajstić information content (AvgIpc) is 2.56. The molecule has 2 fully saturated rings. The maximum Gasteiger partial charge on any atom is 0.0161 e. The van der Waals surface area contributed by atoms with E-state index in [9.17, 15) is 0 Å². The molecular weight excluding hydrogens is 228 g/mol. The van der Waals surface area contributed by atoms with Gasteiger partial charge in [-0.3, -0.25) is 0 Å². The van der Waals surface area contributed by atoms with E-state index in [2.05, 4.69) is 35.8 Å². The molecule has 2 aliphatic rings. The molecule has 0 aromatic heterocycles. The van der Waals surface area contributed by atoms with Gasteiger partial charge in [0.1, 0.15) is 0 Å². The molecule has 0 saturated carbocycles. The van der Waals surface area contributed by atoms with Crippen molar-refractivity contribution < 1.29 is 0 Å². The van der Waals surface area contributed by atoms with Crippen LogP contribution >= 0.6 is 11.8 Å². The molecule has 17 heavy (non-hydrogen) atoms. The van der Waals surface area contributed by atoms with Crippen LogP contribution in [0.2, 0.25) is 0 Å². The Morgan fingerprint density at radius 2 is 1.88 bits per heavy atom. The first-order chi connectivity index (χ1) is 8.25. The maximum atomic E-state index is 3.91. The van der Waals surface area contributed by atoms with Crippen molar-refractivity contribution >= 4 is 11.8 Å². The molecule has 2 unspecified atom stereocenters. The fourth-order valence-electron chi connectivity index (χ4n) is 3.01. The largest absolute Gasteiger partial charge is 0.310 e. The van der Waals surface area contributed by atoms with Gasteiger partial charge in [-0.25, -0.2) is 0 Å². The van der Waals surface area contributed by atoms with Gasteiger partial charge in [-0.15, -0.1) is 0 Å². The van der Waals surface area contributed by atoms with E-state index in [1.165, 1.54) is 56.7 Å². The standard InChI is InChI=1S/C14H28N2S/c1-12(2)16-8-3-5-13(7-9-16)15-14-6-4-10-17-11-14/h12-15H,3-11H2,1-2H3. The Bertz CT molecular complexity index is 214. The molecule has 0 aromatic carbocycles. The van der Waals surface area contributed by atoms with Gasteiger partial charge in [-0.1, -0.05) is 0 Å². The Morgan fingerprint density at radius 3 is 2.59 bits per heavy atom. The van der Waals surface area contributed by atoms with Crippen LogP contribution in [0.1, 0.15) is 46.0 Å². The summed E-state index contributed by atoms with van der Waals surface area (Å²) in [5, 5.41) is 3.91. The Balaban J connectivity index is 1.74. The molecule has 1 N–H and O–H groups in total. The molecule has 0 aromatic rings. The monoisotopic (exact) mass is 256 g/mol. The number of rotatable bonds is 3. The van der Waals surface area contributed by atoms with Crippen LogP contribution < -0.4 is 5.32 Å². The fourth-order valence-corrected chi connectivity index (χ4v) is 4.09. The molecular formula is C14H28N2S. The van der Waals surface area contributed by atoms with E-state index in [0.29, 0.717) is 0 Å². The summed E-state index contributed by atoms with van der Waals surface area (Å²) in [6, 6.07) is 2.30. The van der Waals surface area contributed by atoms with Gasteiger partial charge < -0.3 is 10.2 Å². The lowest BCUT2D eigenvalue weighted by molar-refractivity contribution is 0.228. The Kier molecular flexibility index (Phi) is 5.64. The Morgan fingerprint density at radius 1 is 1.06 bits per heavy atom. The summed E-state index contributed by atoms with van der Waals surface area (Å²) in [4.78, 5) is 2.64. The third kappa shape index (κ3) is 4.46. The van der Waals surface area contributed by atoms with E-state index in [0.717, 1.165) is 18.1 Å². The molecule has 2 nitrogen and oxygen atoms in total. The average molecular weight is 256 g/mol. The second kappa shape index (κ2) is 7.01. The van der Waals surface area contributed by atoms with Crippen LogP contribution in [0.3, 0.4) is 0 Å². The number of thioether (sulfide) groups is 1. The van der Waals surface area contributed by atoms with Gasteiger partial charge in [0, 0.05) is 23.9 Å². The zero-order valence-corrected chi connectivity index (χ0v) is 12.3. The first-order valence-electron chi connectivity index (χ1n) is 7.33. The van der Waals surface area contributed by atoms with Crippen molar-refractivity contribution in [2.75, 3.05) is 24.6 Å². The summed E-state index contributed by atoms with van der Waals surface area (Å²) >= 11 is 2.13. The zero-order chi connectivity index (χ0) is 12.1. The summed E-state index contributed by atoms with van der Waals surface area (Å²) in [5.41, 5.74) is 0. The SMILES string of the molecule is CC(C)N1CCCC(NC2CCCSC2)CC1. The summed E-state index contributed by atoms with van der Waals surface area (Å²) in [7, 11) is 0. The highest BCUT2D eigenvalue weighted by atomic mass is 32.2. The van der Waals surface area contributed by atoms with Gasteiger partial charge in [-0.05, 0) is 64.8 Å². The van der Waals surface area contributed by atoms with Gasteiger partial charge in [0.05, 0.1) is 0 Å². The molecule has 0 radical (unpaired) electrons. The smallest absolute Gasteiger partial charge is 0.0161 e. The molecule has 3 heteroatoms. The summed E-state index contributed by atoms with van der Waals surface area (Å²) in [6.07, 6.45) is 6.91. The van der Waals surface area contributed by atoms with Crippen LogP contribution in [-0.2, 0) is 0 Å². The van der Waals surface area contributed by atoms with Crippen molar-refractivity contribution in [3.63, 3.8) is 0 Å². The molecule has 2 aliphatic heterocycles. The van der Waals surface area contributed by atoms with E-state index < -0.39 is 0 Å². The molecule has 0 bridgehead atoms. The van der Waals surface area contributed by atoms with Gasteiger partial charge in [0.25, 0.3) is 0 Å². The lowest BCUT2D eigenvalue weighted by Crippen LogP contribution is -2.42. The zero-order valence-electron chi connectivity index (χ0n) is 11.5. The van der Waals surface area contributed by atoms with Crippen LogP contribution in [0.15, 0.2) is 0 Å². The van der Waals surface area contributed by atoms with Crippen molar-refractivity contribution in [3.05, 3.63) is 0 Å². The molecule has 100 valence electrons. The first-order valence-corrected chi connectivity index (χ1v) is 8.49. The van der Waals surface area contributed by atoms with E-state index in [1.54, 1.807) is 0 Å². The van der Waals surface area contributed by atoms with Gasteiger partial charge >= 0.3 is 0 Å². The quantitative estimate of drug-likeness (QED) is 0.836. The number of hydrogen-bond acceptors (Lipinski definition) is 3. The minimum absolute atomic E-state index is 0.721. The van der Waals surface area contributed by atoms with Crippen LogP contribution in [0.5, 0.6) is 0 Å². The predicted octanol–water partition coefficient (Wildman–Crippen LogP) is 2.73. The van der Waals surface area contributed by atoms with Crippen LogP contribution in [0.4, 0.5) is 0 Å². The minimum Gasteiger partial charge on any atom is -0.310 e. The van der Waals surface area contributed by atoms with Crippen LogP contribution in [0, 0.1) is 0 Å². The second-order valence-electron chi connectivity index (χ2n) is 5.84. The normalized spacial score (nSPS) is 32.6. The molecule has 2 atom stereocenters. The second-order valence-corrected chi connectivity index (χ2v) is 6.99. The number of nitrogens with zero attached hydrogens (tertiary/aromatic N) is 1. The highest BCUT2D eigenvalue weighted by Crippen LogP contribution is 2.20. The molecule has 2 saturated heterocycles. The van der Waals surface area contributed by atoms with Crippen molar-refractivity contribution in [3.8, 4) is 0 Å². The van der Waals surface area contributed by atoms with Crippen molar-refractivity contribution in [1.29, 1.82) is 0 Å². The Hall–Kier alpha value is 0.270. The van der Waals surface area contributed by atoms with E-state index in [-0.39, 0.29) is 0 Å². The summed E-state index contributed by atoms with van der Waals surface area (Å²) < 4.78 is 0. The topological polar surface area (TPSA) is 15.3 Å². The van der Waals surface area contributed by atoms with Gasteiger partial charge in [0.15, 0.2) is 0 Å². The van der Waals surface area contributed by atoms with E-state index in [1.807, 2.05) is 0 Å².